The zero-order valence-corrected chi connectivity index (χ0v) is 10.9. The van der Waals surface area contributed by atoms with Gasteiger partial charge in [0, 0.05) is 0 Å². The van der Waals surface area contributed by atoms with Crippen LogP contribution < -0.4 is 4.72 Å². The van der Waals surface area contributed by atoms with Crippen LogP contribution in [0.5, 0.6) is 0 Å². The lowest BCUT2D eigenvalue weighted by molar-refractivity contribution is 0.111. The molecule has 0 aliphatic carbocycles. The van der Waals surface area contributed by atoms with Gasteiger partial charge in [-0.2, -0.15) is 0 Å². The number of anilines is 1. The number of rotatable bonds is 4. The predicted octanol–water partition coefficient (Wildman–Crippen LogP) is 2.64. The average molecular weight is 303 g/mol. The highest BCUT2D eigenvalue weighted by atomic mass is 32.2. The Morgan fingerprint density at radius 3 is 2.53 bits per heavy atom. The van der Waals surface area contributed by atoms with E-state index in [1.54, 1.807) is 5.38 Å². The minimum absolute atomic E-state index is 0.00634. The van der Waals surface area contributed by atoms with Crippen molar-refractivity contribution >= 4 is 33.3 Å². The van der Waals surface area contributed by atoms with Crippen LogP contribution in [-0.2, 0) is 10.0 Å². The molecule has 19 heavy (non-hydrogen) atoms. The molecule has 0 fully saturated rings. The fourth-order valence-electron chi connectivity index (χ4n) is 1.37. The van der Waals surface area contributed by atoms with Crippen LogP contribution in [0.3, 0.4) is 0 Å². The Labute approximate surface area is 111 Å². The Bertz CT molecular complexity index is 712. The summed E-state index contributed by atoms with van der Waals surface area (Å²) in [6.07, 6.45) is -0.00634. The second-order valence-electron chi connectivity index (χ2n) is 3.48. The molecule has 0 radical (unpaired) electrons. The monoisotopic (exact) mass is 303 g/mol. The normalized spacial score (nSPS) is 11.3. The lowest BCUT2D eigenvalue weighted by Gasteiger charge is -2.08. The predicted molar refractivity (Wildman–Crippen MR) is 66.9 cm³/mol. The number of thiophene rings is 1. The van der Waals surface area contributed by atoms with E-state index in [9.17, 15) is 22.0 Å². The molecule has 0 aliphatic rings. The smallest absolute Gasteiger partial charge is 0.271 e. The molecule has 8 heteroatoms. The standard InChI is InChI=1S/C11H7F2NO3S2/c12-8-3-4-9(11(13)7(8)6-15)14-19(16,17)10-2-1-5-18-10/h1-6,14H. The number of halogens is 2. The molecule has 1 N–H and O–H groups in total. The Kier molecular flexibility index (Phi) is 3.63. The zero-order chi connectivity index (χ0) is 14.0. The van der Waals surface area contributed by atoms with Crippen LogP contribution >= 0.6 is 11.3 Å². The fraction of sp³-hybridized carbons (Fsp3) is 0. The van der Waals surface area contributed by atoms with E-state index in [4.69, 9.17) is 0 Å². The third-order valence-electron chi connectivity index (χ3n) is 2.25. The third-order valence-corrected chi connectivity index (χ3v) is 5.01. The average Bonchev–Trinajstić information content (AvgIpc) is 2.88. The van der Waals surface area contributed by atoms with E-state index in [-0.39, 0.29) is 10.5 Å². The number of hydrogen-bond donors (Lipinski definition) is 1. The van der Waals surface area contributed by atoms with Crippen molar-refractivity contribution in [2.75, 3.05) is 4.72 Å². The first-order chi connectivity index (χ1) is 8.95. The van der Waals surface area contributed by atoms with Crippen molar-refractivity contribution < 1.29 is 22.0 Å². The second kappa shape index (κ2) is 5.06. The van der Waals surface area contributed by atoms with Gasteiger partial charge in [0.25, 0.3) is 10.0 Å². The van der Waals surface area contributed by atoms with Gasteiger partial charge < -0.3 is 0 Å². The van der Waals surface area contributed by atoms with E-state index in [2.05, 4.69) is 0 Å². The van der Waals surface area contributed by atoms with Gasteiger partial charge in [-0.3, -0.25) is 9.52 Å². The molecule has 0 amide bonds. The molecule has 1 aromatic carbocycles. The highest BCUT2D eigenvalue weighted by Crippen LogP contribution is 2.24. The molecule has 0 unspecified atom stereocenters. The van der Waals surface area contributed by atoms with Crippen molar-refractivity contribution in [3.8, 4) is 0 Å². The summed E-state index contributed by atoms with van der Waals surface area (Å²) in [5, 5.41) is 1.55. The number of hydrogen-bond acceptors (Lipinski definition) is 4. The molecule has 0 aliphatic heterocycles. The van der Waals surface area contributed by atoms with Crippen molar-refractivity contribution in [2.45, 2.75) is 4.21 Å². The summed E-state index contributed by atoms with van der Waals surface area (Å²) in [5.41, 5.74) is -1.29. The van der Waals surface area contributed by atoms with Crippen LogP contribution in [0.1, 0.15) is 10.4 Å². The molecule has 100 valence electrons. The van der Waals surface area contributed by atoms with E-state index < -0.39 is 32.9 Å². The Morgan fingerprint density at radius 1 is 1.21 bits per heavy atom. The minimum Gasteiger partial charge on any atom is -0.298 e. The first-order valence-electron chi connectivity index (χ1n) is 4.95. The van der Waals surface area contributed by atoms with Crippen LogP contribution in [-0.4, -0.2) is 14.7 Å². The van der Waals surface area contributed by atoms with Gasteiger partial charge in [-0.15, -0.1) is 11.3 Å². The quantitative estimate of drug-likeness (QED) is 0.883. The number of sulfonamides is 1. The van der Waals surface area contributed by atoms with E-state index in [1.807, 2.05) is 4.72 Å². The van der Waals surface area contributed by atoms with E-state index in [0.29, 0.717) is 0 Å². The van der Waals surface area contributed by atoms with Crippen LogP contribution in [0.2, 0.25) is 0 Å². The van der Waals surface area contributed by atoms with E-state index >= 15 is 0 Å². The Balaban J connectivity index is 2.43. The highest BCUT2D eigenvalue weighted by Gasteiger charge is 2.20. The molecule has 1 aromatic heterocycles. The molecule has 0 bridgehead atoms. The lowest BCUT2D eigenvalue weighted by atomic mass is 10.2. The van der Waals surface area contributed by atoms with Gasteiger partial charge in [0.15, 0.2) is 12.1 Å². The molecular weight excluding hydrogens is 296 g/mol. The van der Waals surface area contributed by atoms with E-state index in [1.165, 1.54) is 12.1 Å². The molecule has 0 atom stereocenters. The summed E-state index contributed by atoms with van der Waals surface area (Å²) >= 11 is 0.952. The summed E-state index contributed by atoms with van der Waals surface area (Å²) in [7, 11) is -3.94. The minimum atomic E-state index is -3.94. The first kappa shape index (κ1) is 13.6. The van der Waals surface area contributed by atoms with Crippen molar-refractivity contribution in [3.05, 3.63) is 46.8 Å². The van der Waals surface area contributed by atoms with Gasteiger partial charge in [-0.1, -0.05) is 6.07 Å². The zero-order valence-electron chi connectivity index (χ0n) is 9.26. The number of carbonyl (C=O) groups is 1. The van der Waals surface area contributed by atoms with Crippen LogP contribution in [0.15, 0.2) is 33.9 Å². The fourth-order valence-corrected chi connectivity index (χ4v) is 3.42. The molecule has 0 saturated carbocycles. The van der Waals surface area contributed by atoms with Crippen molar-refractivity contribution in [2.24, 2.45) is 0 Å². The number of aldehydes is 1. The number of carbonyl (C=O) groups excluding carboxylic acids is 1. The largest absolute Gasteiger partial charge is 0.298 e. The van der Waals surface area contributed by atoms with Crippen molar-refractivity contribution in [3.63, 3.8) is 0 Å². The maximum Gasteiger partial charge on any atom is 0.271 e. The van der Waals surface area contributed by atoms with Crippen molar-refractivity contribution in [1.29, 1.82) is 0 Å². The summed E-state index contributed by atoms with van der Waals surface area (Å²) < 4.78 is 52.5. The van der Waals surface area contributed by atoms with Gasteiger partial charge in [0.2, 0.25) is 0 Å². The number of nitrogens with one attached hydrogen (secondary N) is 1. The molecular formula is C11H7F2NO3S2. The first-order valence-corrected chi connectivity index (χ1v) is 7.31. The van der Waals surface area contributed by atoms with Crippen LogP contribution in [0.25, 0.3) is 0 Å². The summed E-state index contributed by atoms with van der Waals surface area (Å²) in [5.74, 6) is -2.29. The van der Waals surface area contributed by atoms with E-state index in [0.717, 1.165) is 23.5 Å². The Morgan fingerprint density at radius 2 is 1.95 bits per heavy atom. The van der Waals surface area contributed by atoms with Gasteiger partial charge in [-0.05, 0) is 23.6 Å². The maximum absolute atomic E-state index is 13.7. The van der Waals surface area contributed by atoms with Gasteiger partial charge in [0.1, 0.15) is 10.0 Å². The Hall–Kier alpha value is -1.80. The van der Waals surface area contributed by atoms with Crippen molar-refractivity contribution in [1.82, 2.24) is 0 Å². The molecule has 0 spiro atoms. The molecule has 2 aromatic rings. The summed E-state index contributed by atoms with van der Waals surface area (Å²) in [4.78, 5) is 10.5. The van der Waals surface area contributed by atoms with Gasteiger partial charge in [0.05, 0.1) is 11.3 Å². The van der Waals surface area contributed by atoms with Gasteiger partial charge in [-0.25, -0.2) is 17.2 Å². The summed E-state index contributed by atoms with van der Waals surface area (Å²) in [6, 6.07) is 4.61. The molecule has 1 heterocycles. The topological polar surface area (TPSA) is 63.2 Å². The number of benzene rings is 1. The highest BCUT2D eigenvalue weighted by molar-refractivity contribution is 7.94. The van der Waals surface area contributed by atoms with Crippen LogP contribution in [0, 0.1) is 11.6 Å². The molecule has 0 saturated heterocycles. The lowest BCUT2D eigenvalue weighted by Crippen LogP contribution is -2.13. The summed E-state index contributed by atoms with van der Waals surface area (Å²) in [6.45, 7) is 0. The third kappa shape index (κ3) is 2.64. The maximum atomic E-state index is 13.7. The molecule has 2 rings (SSSR count). The SMILES string of the molecule is O=Cc1c(F)ccc(NS(=O)(=O)c2cccs2)c1F. The van der Waals surface area contributed by atoms with Gasteiger partial charge >= 0.3 is 0 Å². The van der Waals surface area contributed by atoms with Crippen LogP contribution in [0.4, 0.5) is 14.5 Å². The second-order valence-corrected chi connectivity index (χ2v) is 6.33. The molecule has 4 nitrogen and oxygen atoms in total.